The van der Waals surface area contributed by atoms with Crippen molar-refractivity contribution in [3.63, 3.8) is 0 Å². The molecule has 0 aromatic carbocycles. The molecule has 9 aromatic rings. The van der Waals surface area contributed by atoms with Gasteiger partial charge in [-0.05, 0) is 103 Å². The Bertz CT molecular complexity index is 3140. The molecule has 0 aliphatic heterocycles. The molecular weight excluding hydrogens is 1190 g/mol. The van der Waals surface area contributed by atoms with Crippen molar-refractivity contribution in [2.24, 2.45) is 0 Å². The SMILES string of the molecule is Brc1cc(-c2cccs2)sc1-c1cccs1.FC1(F)C(c2cc(-c3cccs3)sc2-c2cccs2)=C(c2cc(-c3cccs3)sc2-c2cccs2)C(F)(F)C1(F)F.FC1=C(F)C(F)(F)C(F)(F)C1(F)F. The molecule has 0 radical (unpaired) electrons. The van der Waals surface area contributed by atoms with Gasteiger partial charge in [0.1, 0.15) is 0 Å². The minimum atomic E-state index is -6.06. The standard InChI is InChI=1S/C29H14F6S6.C12H7BrS3.C5F8/c30-27(31)23(15-13-21(17-5-1-9-36-17)40-25(15)19-7-3-11-38-19)24(28(32,33)29(27,34)35)16-14-22(18-6-2-10-37-18)41-26(16)20-8-4-12-39-20;13-8-7-11(9-3-1-5-14-9)16-12(8)10-4-2-6-15-10;6-1-2(7)4(10,11)5(12,13)3(1,8)9/h1-14H;1-7H;. The summed E-state index contributed by atoms with van der Waals surface area (Å²) in [6, 6.07) is 27.4. The van der Waals surface area contributed by atoms with E-state index in [1.54, 1.807) is 82.0 Å². The summed E-state index contributed by atoms with van der Waals surface area (Å²) in [4.78, 5) is 9.49. The maximum absolute atomic E-state index is 16.0. The van der Waals surface area contributed by atoms with Gasteiger partial charge in [-0.3, -0.25) is 0 Å². The highest BCUT2D eigenvalue weighted by Gasteiger charge is 2.83. The Kier molecular flexibility index (Phi) is 13.9. The minimum absolute atomic E-state index is 0.260. The highest BCUT2D eigenvalue weighted by atomic mass is 79.9. The zero-order valence-corrected chi connectivity index (χ0v) is 42.9. The molecule has 11 rings (SSSR count). The van der Waals surface area contributed by atoms with E-state index < -0.39 is 58.3 Å². The quantitative estimate of drug-likeness (QED) is 0.133. The van der Waals surface area contributed by atoms with Crippen LogP contribution in [0.3, 0.4) is 0 Å². The molecule has 0 fully saturated rings. The van der Waals surface area contributed by atoms with Crippen LogP contribution < -0.4 is 0 Å². The topological polar surface area (TPSA) is 0 Å². The van der Waals surface area contributed by atoms with Gasteiger partial charge in [0.25, 0.3) is 0 Å². The van der Waals surface area contributed by atoms with Crippen LogP contribution in [-0.2, 0) is 0 Å². The Balaban J connectivity index is 0.000000170. The van der Waals surface area contributed by atoms with Crippen LogP contribution in [0.1, 0.15) is 11.1 Å². The average Bonchev–Trinajstić information content (AvgIpc) is 4.16. The first kappa shape index (κ1) is 51.2. The average molecular weight is 1210 g/mol. The summed E-state index contributed by atoms with van der Waals surface area (Å²) in [6.07, 6.45) is 0. The molecular formula is C46H21BrF14S9. The molecule has 364 valence electrons. The zero-order valence-electron chi connectivity index (χ0n) is 34.0. The van der Waals surface area contributed by atoms with Gasteiger partial charge in [-0.25, -0.2) is 8.78 Å². The maximum atomic E-state index is 16.0. The summed E-state index contributed by atoms with van der Waals surface area (Å²) in [5, 5.41) is 11.3. The number of hydrogen-bond donors (Lipinski definition) is 0. The molecule has 2 aliphatic rings. The van der Waals surface area contributed by atoms with Gasteiger partial charge >= 0.3 is 35.5 Å². The second kappa shape index (κ2) is 19.0. The van der Waals surface area contributed by atoms with Crippen LogP contribution in [0.4, 0.5) is 61.5 Å². The molecule has 0 amide bonds. The molecule has 9 aromatic heterocycles. The van der Waals surface area contributed by atoms with Gasteiger partial charge in [0.15, 0.2) is 0 Å². The molecule has 0 saturated carbocycles. The van der Waals surface area contributed by atoms with Crippen molar-refractivity contribution in [2.45, 2.75) is 35.5 Å². The van der Waals surface area contributed by atoms with Crippen molar-refractivity contribution in [1.82, 2.24) is 0 Å². The van der Waals surface area contributed by atoms with Gasteiger partial charge in [0.2, 0.25) is 11.7 Å². The van der Waals surface area contributed by atoms with Crippen LogP contribution in [-0.4, -0.2) is 35.5 Å². The van der Waals surface area contributed by atoms with Crippen molar-refractivity contribution in [3.05, 3.63) is 151 Å². The number of hydrogen-bond acceptors (Lipinski definition) is 9. The maximum Gasteiger partial charge on any atom is 0.385 e. The highest BCUT2D eigenvalue weighted by molar-refractivity contribution is 9.10. The van der Waals surface area contributed by atoms with Crippen LogP contribution in [0, 0.1) is 0 Å². The first-order chi connectivity index (χ1) is 33.0. The first-order valence-electron chi connectivity index (χ1n) is 19.4. The van der Waals surface area contributed by atoms with E-state index in [4.69, 9.17) is 0 Å². The summed E-state index contributed by atoms with van der Waals surface area (Å²) in [7, 11) is 0. The number of halogens is 15. The van der Waals surface area contributed by atoms with Crippen LogP contribution in [0.15, 0.2) is 139 Å². The summed E-state index contributed by atoms with van der Waals surface area (Å²) in [6.45, 7) is 0. The second-order valence-electron chi connectivity index (χ2n) is 14.7. The fraction of sp³-hybridized carbons (Fsp3) is 0.130. The van der Waals surface area contributed by atoms with Crippen LogP contribution in [0.25, 0.3) is 69.7 Å². The van der Waals surface area contributed by atoms with E-state index in [9.17, 15) is 35.1 Å². The van der Waals surface area contributed by atoms with E-state index in [2.05, 4.69) is 57.0 Å². The highest BCUT2D eigenvalue weighted by Crippen LogP contribution is 2.68. The molecule has 24 heteroatoms. The first-order valence-corrected chi connectivity index (χ1v) is 27.9. The van der Waals surface area contributed by atoms with Crippen LogP contribution >= 0.6 is 118 Å². The normalized spacial score (nSPS) is 18.2. The lowest BCUT2D eigenvalue weighted by Crippen LogP contribution is -2.48. The van der Waals surface area contributed by atoms with Gasteiger partial charge in [-0.15, -0.1) is 102 Å². The summed E-state index contributed by atoms with van der Waals surface area (Å²) in [5.74, 6) is -40.4. The molecule has 0 saturated heterocycles. The van der Waals surface area contributed by atoms with Crippen LogP contribution in [0.2, 0.25) is 0 Å². The van der Waals surface area contributed by atoms with Gasteiger partial charge in [0, 0.05) is 70.6 Å². The predicted octanol–water partition coefficient (Wildman–Crippen LogP) is 21.6. The van der Waals surface area contributed by atoms with Gasteiger partial charge in [0.05, 0.1) is 14.6 Å². The molecule has 2 aliphatic carbocycles. The number of alkyl halides is 12. The van der Waals surface area contributed by atoms with Crippen molar-refractivity contribution >= 4 is 129 Å². The lowest BCUT2D eigenvalue weighted by molar-refractivity contribution is -0.271. The van der Waals surface area contributed by atoms with Crippen molar-refractivity contribution in [3.8, 4) is 58.5 Å². The molecule has 9 heterocycles. The zero-order chi connectivity index (χ0) is 50.2. The summed E-state index contributed by atoms with van der Waals surface area (Å²) < 4.78 is 191. The Morgan fingerprint density at radius 1 is 0.329 bits per heavy atom. The third kappa shape index (κ3) is 8.47. The van der Waals surface area contributed by atoms with E-state index in [1.807, 2.05) is 22.1 Å². The summed E-state index contributed by atoms with van der Waals surface area (Å²) in [5.41, 5.74) is -3.22. The molecule has 0 N–H and O–H groups in total. The van der Waals surface area contributed by atoms with Gasteiger partial charge < -0.3 is 0 Å². The Labute approximate surface area is 431 Å². The van der Waals surface area contributed by atoms with Gasteiger partial charge in [-0.2, -0.15) is 52.7 Å². The Morgan fingerprint density at radius 2 is 0.600 bits per heavy atom. The van der Waals surface area contributed by atoms with Crippen molar-refractivity contribution in [1.29, 1.82) is 0 Å². The van der Waals surface area contributed by atoms with E-state index in [-0.39, 0.29) is 20.9 Å². The van der Waals surface area contributed by atoms with Gasteiger partial charge in [-0.1, -0.05) is 36.4 Å². The summed E-state index contributed by atoms with van der Waals surface area (Å²) >= 11 is 16.5. The third-order valence-electron chi connectivity index (χ3n) is 10.4. The van der Waals surface area contributed by atoms with E-state index in [0.29, 0.717) is 19.5 Å². The van der Waals surface area contributed by atoms with E-state index in [1.165, 1.54) is 81.5 Å². The van der Waals surface area contributed by atoms with E-state index in [0.717, 1.165) is 32.4 Å². The van der Waals surface area contributed by atoms with Crippen LogP contribution in [0.5, 0.6) is 0 Å². The van der Waals surface area contributed by atoms with Crippen molar-refractivity contribution < 1.29 is 61.5 Å². The second-order valence-corrected chi connectivity index (χ2v) is 24.4. The Morgan fingerprint density at radius 3 is 0.886 bits per heavy atom. The third-order valence-corrected chi connectivity index (χ3v) is 21.1. The minimum Gasteiger partial charge on any atom is -0.202 e. The molecule has 0 nitrogen and oxygen atoms in total. The number of thiophene rings is 9. The fourth-order valence-electron chi connectivity index (χ4n) is 7.08. The smallest absolute Gasteiger partial charge is 0.202 e. The molecule has 0 spiro atoms. The largest absolute Gasteiger partial charge is 0.385 e. The number of allylic oxidation sites excluding steroid dienone is 4. The lowest BCUT2D eigenvalue weighted by atomic mass is 9.94. The van der Waals surface area contributed by atoms with Crippen molar-refractivity contribution in [2.75, 3.05) is 0 Å². The Hall–Kier alpha value is -3.72. The lowest BCUT2D eigenvalue weighted by Gasteiger charge is -2.25. The molecule has 0 atom stereocenters. The monoisotopic (exact) mass is 1210 g/mol. The molecule has 0 bridgehead atoms. The predicted molar refractivity (Wildman–Crippen MR) is 266 cm³/mol. The number of rotatable bonds is 8. The fourth-order valence-corrected chi connectivity index (χ4v) is 16.5. The molecule has 70 heavy (non-hydrogen) atoms. The molecule has 0 unspecified atom stereocenters. The van der Waals surface area contributed by atoms with E-state index >= 15 is 26.3 Å².